The van der Waals surface area contributed by atoms with Crippen LogP contribution in [0.4, 0.5) is 5.82 Å². The number of aryl methyl sites for hydroxylation is 1. The zero-order valence-electron chi connectivity index (χ0n) is 16.1. The van der Waals surface area contributed by atoms with E-state index in [-0.39, 0.29) is 18.4 Å². The van der Waals surface area contributed by atoms with E-state index in [4.69, 9.17) is 11.2 Å². The Morgan fingerprint density at radius 1 is 1.30 bits per heavy atom. The number of nitrogens with zero attached hydrogens (tertiary/aromatic N) is 6. The van der Waals surface area contributed by atoms with Gasteiger partial charge in [-0.3, -0.25) is 4.79 Å². The molecule has 1 atom stereocenters. The van der Waals surface area contributed by atoms with Gasteiger partial charge < -0.3 is 10.1 Å². The Balaban J connectivity index is 1.60. The number of rotatable bonds is 4. The van der Waals surface area contributed by atoms with Gasteiger partial charge in [-0.15, -0.1) is 21.7 Å². The minimum absolute atomic E-state index is 0.0889. The van der Waals surface area contributed by atoms with Gasteiger partial charge in [-0.1, -0.05) is 18.1 Å². The lowest BCUT2D eigenvalue weighted by Gasteiger charge is -2.24. The zero-order valence-corrected chi connectivity index (χ0v) is 16.1. The number of hydrogen-bond acceptors (Lipinski definition) is 6. The molecule has 1 aromatic carbocycles. The molecule has 0 saturated heterocycles. The third-order valence-corrected chi connectivity index (χ3v) is 5.05. The number of terminal acetylenes is 1. The van der Waals surface area contributed by atoms with E-state index in [9.17, 15) is 4.79 Å². The summed E-state index contributed by atoms with van der Waals surface area (Å²) in [4.78, 5) is 12.6. The number of benzene rings is 1. The maximum absolute atomic E-state index is 12.6. The van der Waals surface area contributed by atoms with Gasteiger partial charge in [0.1, 0.15) is 24.5 Å². The minimum Gasteiger partial charge on any atom is -0.481 e. The van der Waals surface area contributed by atoms with Gasteiger partial charge in [0.05, 0.1) is 5.69 Å². The van der Waals surface area contributed by atoms with E-state index >= 15 is 0 Å². The maximum Gasteiger partial charge on any atom is 0.226 e. The Morgan fingerprint density at radius 3 is 3.07 bits per heavy atom. The molecule has 1 aliphatic rings. The van der Waals surface area contributed by atoms with E-state index in [1.807, 2.05) is 31.2 Å². The second-order valence-electron chi connectivity index (χ2n) is 6.95. The smallest absolute Gasteiger partial charge is 0.226 e. The lowest BCUT2D eigenvalue weighted by atomic mass is 9.86. The Morgan fingerprint density at radius 2 is 2.20 bits per heavy atom. The van der Waals surface area contributed by atoms with Gasteiger partial charge in [-0.25, -0.2) is 0 Å². The van der Waals surface area contributed by atoms with Crippen LogP contribution in [0, 0.1) is 19.3 Å². The summed E-state index contributed by atoms with van der Waals surface area (Å²) in [5.74, 6) is 4.05. The van der Waals surface area contributed by atoms with Crippen LogP contribution in [0.1, 0.15) is 29.2 Å². The van der Waals surface area contributed by atoms with Crippen LogP contribution in [-0.2, 0) is 4.79 Å². The van der Waals surface area contributed by atoms with Crippen molar-refractivity contribution in [2.75, 3.05) is 11.9 Å². The molecule has 148 valence electrons. The van der Waals surface area contributed by atoms with E-state index in [1.54, 1.807) is 21.3 Å². The normalized spacial score (nSPS) is 15.5. The molecule has 0 spiro atoms. The lowest BCUT2D eigenvalue weighted by molar-refractivity contribution is -0.116. The predicted octanol–water partition coefficient (Wildman–Crippen LogP) is 2.10. The predicted molar refractivity (Wildman–Crippen MR) is 109 cm³/mol. The summed E-state index contributed by atoms with van der Waals surface area (Å²) in [5.41, 5.74) is 3.36. The summed E-state index contributed by atoms with van der Waals surface area (Å²) in [5, 5.41) is 19.9. The van der Waals surface area contributed by atoms with Crippen LogP contribution >= 0.6 is 0 Å². The van der Waals surface area contributed by atoms with Crippen molar-refractivity contribution in [3.63, 3.8) is 0 Å². The third-order valence-electron chi connectivity index (χ3n) is 5.05. The van der Waals surface area contributed by atoms with Gasteiger partial charge in [0.15, 0.2) is 11.5 Å². The average Bonchev–Trinajstić information content (AvgIpc) is 3.35. The Hall–Kier alpha value is -4.19. The van der Waals surface area contributed by atoms with Gasteiger partial charge in [0, 0.05) is 17.9 Å². The van der Waals surface area contributed by atoms with Crippen LogP contribution < -0.4 is 10.1 Å². The number of carbonyl (C=O) groups is 1. The lowest BCUT2D eigenvalue weighted by Crippen LogP contribution is -2.25. The van der Waals surface area contributed by atoms with Crippen LogP contribution in [-0.4, -0.2) is 42.1 Å². The molecule has 1 unspecified atom stereocenters. The molecule has 3 aromatic heterocycles. The molecule has 4 aromatic rings. The first kappa shape index (κ1) is 17.9. The molecule has 0 fully saturated rings. The molecule has 5 rings (SSSR count). The summed E-state index contributed by atoms with van der Waals surface area (Å²) in [6.45, 7) is 2.11. The van der Waals surface area contributed by atoms with Crippen molar-refractivity contribution in [3.8, 4) is 23.9 Å². The first-order chi connectivity index (χ1) is 14.6. The summed E-state index contributed by atoms with van der Waals surface area (Å²) in [6.07, 6.45) is 7.12. The Labute approximate surface area is 171 Å². The van der Waals surface area contributed by atoms with Crippen molar-refractivity contribution in [2.45, 2.75) is 19.3 Å². The minimum atomic E-state index is -0.157. The summed E-state index contributed by atoms with van der Waals surface area (Å²) in [6, 6.07) is 11.2. The van der Waals surface area contributed by atoms with Gasteiger partial charge in [-0.2, -0.15) is 14.3 Å². The second kappa shape index (κ2) is 7.00. The fourth-order valence-electron chi connectivity index (χ4n) is 3.78. The number of fused-ring (bicyclic) bond motifs is 2. The SMILES string of the molecule is C#CCOc1cccc(C2CC(=O)Nc3c2c(C)nn3-c2ccc3nncn3n2)c1. The van der Waals surface area contributed by atoms with E-state index in [2.05, 4.69) is 31.6 Å². The third kappa shape index (κ3) is 2.95. The van der Waals surface area contributed by atoms with Crippen LogP contribution in [0.5, 0.6) is 5.75 Å². The van der Waals surface area contributed by atoms with Gasteiger partial charge in [-0.05, 0) is 36.8 Å². The van der Waals surface area contributed by atoms with Crippen molar-refractivity contribution in [2.24, 2.45) is 0 Å². The van der Waals surface area contributed by atoms with Gasteiger partial charge >= 0.3 is 0 Å². The van der Waals surface area contributed by atoms with Gasteiger partial charge in [0.2, 0.25) is 5.91 Å². The van der Waals surface area contributed by atoms with Crippen LogP contribution in [0.3, 0.4) is 0 Å². The van der Waals surface area contributed by atoms with Crippen molar-refractivity contribution in [1.29, 1.82) is 0 Å². The van der Waals surface area contributed by atoms with E-state index < -0.39 is 0 Å². The molecule has 9 heteroatoms. The number of amides is 1. The highest BCUT2D eigenvalue weighted by Gasteiger charge is 2.33. The summed E-state index contributed by atoms with van der Waals surface area (Å²) >= 11 is 0. The number of aromatic nitrogens is 6. The highest BCUT2D eigenvalue weighted by atomic mass is 16.5. The van der Waals surface area contributed by atoms with Crippen LogP contribution in [0.15, 0.2) is 42.7 Å². The number of carbonyl (C=O) groups excluding carboxylic acids is 1. The fraction of sp³-hybridized carbons (Fsp3) is 0.190. The highest BCUT2D eigenvalue weighted by Crippen LogP contribution is 2.40. The molecular formula is C21H17N7O2. The van der Waals surface area contributed by atoms with Crippen molar-refractivity contribution in [3.05, 3.63) is 59.5 Å². The van der Waals surface area contributed by atoms with E-state index in [0.717, 1.165) is 16.8 Å². The number of nitrogens with one attached hydrogen (secondary N) is 1. The largest absolute Gasteiger partial charge is 0.481 e. The van der Waals surface area contributed by atoms with Crippen molar-refractivity contribution in [1.82, 2.24) is 29.6 Å². The number of ether oxygens (including phenoxy) is 1. The molecule has 9 nitrogen and oxygen atoms in total. The summed E-state index contributed by atoms with van der Waals surface area (Å²) in [7, 11) is 0. The quantitative estimate of drug-likeness (QED) is 0.528. The highest BCUT2D eigenvalue weighted by molar-refractivity contribution is 5.95. The molecular weight excluding hydrogens is 382 g/mol. The first-order valence-electron chi connectivity index (χ1n) is 9.37. The standard InChI is InChI=1S/C21H17N7O2/c1-3-9-30-15-6-4-5-14(10-15)16-11-19(29)23-21-20(16)13(2)25-28(21)18-8-7-17-24-22-12-27(17)26-18/h1,4-8,10,12,16H,9,11H2,2H3,(H,23,29). The molecule has 4 heterocycles. The maximum atomic E-state index is 12.6. The molecule has 1 N–H and O–H groups in total. The molecule has 1 amide bonds. The molecule has 30 heavy (non-hydrogen) atoms. The number of anilines is 1. The Kier molecular flexibility index (Phi) is 4.17. The Bertz CT molecular complexity index is 1310. The number of hydrogen-bond donors (Lipinski definition) is 1. The molecule has 0 bridgehead atoms. The van der Waals surface area contributed by atoms with Crippen LogP contribution in [0.2, 0.25) is 0 Å². The molecule has 0 aliphatic carbocycles. The van der Waals surface area contributed by atoms with Crippen molar-refractivity contribution < 1.29 is 9.53 Å². The van der Waals surface area contributed by atoms with E-state index in [0.29, 0.717) is 29.5 Å². The first-order valence-corrected chi connectivity index (χ1v) is 9.37. The molecule has 1 aliphatic heterocycles. The topological polar surface area (TPSA) is 99.2 Å². The van der Waals surface area contributed by atoms with Crippen LogP contribution in [0.25, 0.3) is 11.5 Å². The average molecular weight is 399 g/mol. The zero-order chi connectivity index (χ0) is 20.7. The fourth-order valence-corrected chi connectivity index (χ4v) is 3.78. The monoisotopic (exact) mass is 399 g/mol. The molecule has 0 radical (unpaired) electrons. The molecule has 0 saturated carbocycles. The van der Waals surface area contributed by atoms with Gasteiger partial charge in [0.25, 0.3) is 0 Å². The van der Waals surface area contributed by atoms with E-state index in [1.165, 1.54) is 6.33 Å². The summed E-state index contributed by atoms with van der Waals surface area (Å²) < 4.78 is 8.77. The second-order valence-corrected chi connectivity index (χ2v) is 6.95. The van der Waals surface area contributed by atoms with Crippen molar-refractivity contribution >= 4 is 17.4 Å².